The molecule has 0 amide bonds. The average molecular weight is 413 g/mol. The van der Waals surface area contributed by atoms with E-state index in [1.54, 1.807) is 0 Å². The van der Waals surface area contributed by atoms with Crippen LogP contribution in [0.4, 0.5) is 0 Å². The fourth-order valence-corrected chi connectivity index (χ4v) is 2.70. The summed E-state index contributed by atoms with van der Waals surface area (Å²) in [6, 6.07) is 8.19. The molecule has 1 atom stereocenters. The molecule has 96 valence electrons. The summed E-state index contributed by atoms with van der Waals surface area (Å²) in [7, 11) is 0. The predicted octanol–water partition coefficient (Wildman–Crippen LogP) is 4.37. The molecular formula is C13H18BrIO2. The van der Waals surface area contributed by atoms with Gasteiger partial charge in [0.2, 0.25) is 0 Å². The van der Waals surface area contributed by atoms with Crippen LogP contribution in [0.5, 0.6) is 0 Å². The summed E-state index contributed by atoms with van der Waals surface area (Å²) in [5.41, 5.74) is 1.20. The standard InChI is InChI=1S/C13H18BrIO2/c1-10(2)16-7-8-17-13(9-15)11-5-3-4-6-12(11)14/h3-6,10,13H,7-9H2,1-2H3. The third kappa shape index (κ3) is 5.68. The summed E-state index contributed by atoms with van der Waals surface area (Å²) in [5.74, 6) is 0. The zero-order chi connectivity index (χ0) is 12.7. The van der Waals surface area contributed by atoms with Crippen molar-refractivity contribution < 1.29 is 9.47 Å². The molecule has 0 aliphatic carbocycles. The second-order valence-electron chi connectivity index (χ2n) is 3.95. The van der Waals surface area contributed by atoms with Crippen LogP contribution in [0.3, 0.4) is 0 Å². The van der Waals surface area contributed by atoms with E-state index in [0.717, 1.165) is 8.90 Å². The second-order valence-corrected chi connectivity index (χ2v) is 5.69. The quantitative estimate of drug-likeness (QED) is 0.376. The van der Waals surface area contributed by atoms with Gasteiger partial charge in [-0.3, -0.25) is 0 Å². The van der Waals surface area contributed by atoms with Crippen LogP contribution in [0.2, 0.25) is 0 Å². The van der Waals surface area contributed by atoms with Gasteiger partial charge in [-0.15, -0.1) is 0 Å². The zero-order valence-corrected chi connectivity index (χ0v) is 13.9. The van der Waals surface area contributed by atoms with Crippen LogP contribution in [-0.4, -0.2) is 23.7 Å². The highest BCUT2D eigenvalue weighted by Crippen LogP contribution is 2.27. The van der Waals surface area contributed by atoms with Gasteiger partial charge in [0, 0.05) is 8.90 Å². The molecule has 1 aromatic rings. The molecular weight excluding hydrogens is 395 g/mol. The molecule has 1 unspecified atom stereocenters. The first kappa shape index (κ1) is 15.4. The number of hydrogen-bond donors (Lipinski definition) is 0. The van der Waals surface area contributed by atoms with Crippen LogP contribution >= 0.6 is 38.5 Å². The molecule has 0 saturated carbocycles. The number of halogens is 2. The largest absolute Gasteiger partial charge is 0.376 e. The van der Waals surface area contributed by atoms with Crippen LogP contribution in [-0.2, 0) is 9.47 Å². The van der Waals surface area contributed by atoms with E-state index in [4.69, 9.17) is 9.47 Å². The van der Waals surface area contributed by atoms with E-state index in [1.807, 2.05) is 32.0 Å². The van der Waals surface area contributed by atoms with Gasteiger partial charge in [0.05, 0.1) is 25.4 Å². The molecule has 0 aromatic heterocycles. The molecule has 0 saturated heterocycles. The lowest BCUT2D eigenvalue weighted by atomic mass is 10.1. The smallest absolute Gasteiger partial charge is 0.0926 e. The van der Waals surface area contributed by atoms with E-state index in [2.05, 4.69) is 44.6 Å². The Morgan fingerprint density at radius 3 is 2.41 bits per heavy atom. The zero-order valence-electron chi connectivity index (χ0n) is 10.2. The Bertz CT molecular complexity index is 331. The minimum atomic E-state index is 0.127. The lowest BCUT2D eigenvalue weighted by Gasteiger charge is -2.17. The Balaban J connectivity index is 2.46. The van der Waals surface area contributed by atoms with Crippen molar-refractivity contribution >= 4 is 38.5 Å². The highest BCUT2D eigenvalue weighted by Gasteiger charge is 2.13. The SMILES string of the molecule is CC(C)OCCOC(CI)c1ccccc1Br. The fourth-order valence-electron chi connectivity index (χ4n) is 1.43. The third-order valence-electron chi connectivity index (χ3n) is 2.25. The van der Waals surface area contributed by atoms with Gasteiger partial charge in [-0.1, -0.05) is 56.7 Å². The van der Waals surface area contributed by atoms with Crippen LogP contribution in [0.1, 0.15) is 25.5 Å². The number of rotatable bonds is 7. The molecule has 1 rings (SSSR count). The molecule has 0 aliphatic heterocycles. The number of benzene rings is 1. The molecule has 0 aliphatic rings. The number of hydrogen-bond acceptors (Lipinski definition) is 2. The Morgan fingerprint density at radius 1 is 1.18 bits per heavy atom. The summed E-state index contributed by atoms with van der Waals surface area (Å²) in [6.45, 7) is 5.34. The van der Waals surface area contributed by atoms with Gasteiger partial charge in [0.15, 0.2) is 0 Å². The highest BCUT2D eigenvalue weighted by molar-refractivity contribution is 14.1. The van der Waals surface area contributed by atoms with E-state index < -0.39 is 0 Å². The summed E-state index contributed by atoms with van der Waals surface area (Å²) in [6.07, 6.45) is 0.391. The van der Waals surface area contributed by atoms with Gasteiger partial charge in [-0.2, -0.15) is 0 Å². The summed E-state index contributed by atoms with van der Waals surface area (Å²) in [5, 5.41) is 0. The molecule has 0 fully saturated rings. The molecule has 0 bridgehead atoms. The van der Waals surface area contributed by atoms with Crippen molar-refractivity contribution in [3.63, 3.8) is 0 Å². The van der Waals surface area contributed by atoms with E-state index >= 15 is 0 Å². The maximum Gasteiger partial charge on any atom is 0.0926 e. The Hall–Kier alpha value is 0.350. The summed E-state index contributed by atoms with van der Waals surface area (Å²) < 4.78 is 13.3. The van der Waals surface area contributed by atoms with Crippen molar-refractivity contribution in [2.24, 2.45) is 0 Å². The first-order valence-corrected chi connectivity index (χ1v) is 8.00. The van der Waals surface area contributed by atoms with Crippen LogP contribution in [0.25, 0.3) is 0 Å². The topological polar surface area (TPSA) is 18.5 Å². The fraction of sp³-hybridized carbons (Fsp3) is 0.538. The maximum atomic E-state index is 5.85. The molecule has 17 heavy (non-hydrogen) atoms. The molecule has 0 radical (unpaired) electrons. The monoisotopic (exact) mass is 412 g/mol. The van der Waals surface area contributed by atoms with Crippen LogP contribution in [0.15, 0.2) is 28.7 Å². The molecule has 4 heteroatoms. The van der Waals surface area contributed by atoms with Gasteiger partial charge in [0.1, 0.15) is 0 Å². The molecule has 0 spiro atoms. The minimum Gasteiger partial charge on any atom is -0.376 e. The van der Waals surface area contributed by atoms with Crippen molar-refractivity contribution in [2.75, 3.05) is 17.6 Å². The van der Waals surface area contributed by atoms with Crippen molar-refractivity contribution in [3.05, 3.63) is 34.3 Å². The van der Waals surface area contributed by atoms with Crippen molar-refractivity contribution in [1.82, 2.24) is 0 Å². The minimum absolute atomic E-state index is 0.127. The van der Waals surface area contributed by atoms with Crippen LogP contribution in [0, 0.1) is 0 Å². The van der Waals surface area contributed by atoms with Crippen LogP contribution < -0.4 is 0 Å². The first-order chi connectivity index (χ1) is 8.15. The highest BCUT2D eigenvalue weighted by atomic mass is 127. The second kappa shape index (κ2) is 8.45. The Morgan fingerprint density at radius 2 is 1.82 bits per heavy atom. The summed E-state index contributed by atoms with van der Waals surface area (Å²) >= 11 is 5.90. The Labute approximate surface area is 125 Å². The molecule has 1 aromatic carbocycles. The lowest BCUT2D eigenvalue weighted by Crippen LogP contribution is -2.13. The van der Waals surface area contributed by atoms with E-state index in [1.165, 1.54) is 5.56 Å². The number of ether oxygens (including phenoxy) is 2. The predicted molar refractivity (Wildman–Crippen MR) is 82.8 cm³/mol. The molecule has 0 heterocycles. The van der Waals surface area contributed by atoms with E-state index in [-0.39, 0.29) is 12.2 Å². The van der Waals surface area contributed by atoms with Gasteiger partial charge in [-0.05, 0) is 25.5 Å². The van der Waals surface area contributed by atoms with E-state index in [9.17, 15) is 0 Å². The Kier molecular flexibility index (Phi) is 7.66. The maximum absolute atomic E-state index is 5.85. The lowest BCUT2D eigenvalue weighted by molar-refractivity contribution is -0.00522. The van der Waals surface area contributed by atoms with Gasteiger partial charge >= 0.3 is 0 Å². The van der Waals surface area contributed by atoms with Gasteiger partial charge in [-0.25, -0.2) is 0 Å². The average Bonchev–Trinajstić information content (AvgIpc) is 2.30. The molecule has 2 nitrogen and oxygen atoms in total. The normalized spacial score (nSPS) is 13.0. The van der Waals surface area contributed by atoms with Gasteiger partial charge in [0.25, 0.3) is 0 Å². The molecule has 0 N–H and O–H groups in total. The van der Waals surface area contributed by atoms with Crippen molar-refractivity contribution in [3.8, 4) is 0 Å². The first-order valence-electron chi connectivity index (χ1n) is 5.68. The number of alkyl halides is 1. The van der Waals surface area contributed by atoms with Crippen molar-refractivity contribution in [1.29, 1.82) is 0 Å². The summed E-state index contributed by atoms with van der Waals surface area (Å²) in [4.78, 5) is 0. The third-order valence-corrected chi connectivity index (χ3v) is 3.77. The van der Waals surface area contributed by atoms with Gasteiger partial charge < -0.3 is 9.47 Å². The van der Waals surface area contributed by atoms with E-state index in [0.29, 0.717) is 13.2 Å². The van der Waals surface area contributed by atoms with Crippen molar-refractivity contribution in [2.45, 2.75) is 26.1 Å².